The van der Waals surface area contributed by atoms with Gasteiger partial charge in [-0.2, -0.15) is 5.10 Å². The minimum atomic E-state index is -5.11. The van der Waals surface area contributed by atoms with Gasteiger partial charge in [0.25, 0.3) is 0 Å². The van der Waals surface area contributed by atoms with E-state index < -0.39 is 24.3 Å². The minimum absolute atomic E-state index is 0.116. The SMILES string of the molecule is Cn1nc(CNC(=O)OC(C)(C)C)cc1[B-](F)(F)F. The highest BCUT2D eigenvalue weighted by atomic mass is 19.4. The van der Waals surface area contributed by atoms with Crippen molar-refractivity contribution in [2.45, 2.75) is 32.9 Å². The molecule has 19 heavy (non-hydrogen) atoms. The summed E-state index contributed by atoms with van der Waals surface area (Å²) in [6.45, 7) is -0.149. The van der Waals surface area contributed by atoms with Crippen LogP contribution >= 0.6 is 0 Å². The molecule has 0 saturated carbocycles. The van der Waals surface area contributed by atoms with Gasteiger partial charge in [-0.3, -0.25) is 0 Å². The number of hydrogen-bond acceptors (Lipinski definition) is 3. The van der Waals surface area contributed by atoms with Crippen LogP contribution in [-0.4, -0.2) is 28.5 Å². The Balaban J connectivity index is 2.63. The lowest BCUT2D eigenvalue weighted by Gasteiger charge is -2.19. The number of amides is 1. The number of alkyl carbamates (subject to hydrolysis) is 1. The first-order chi connectivity index (χ1) is 8.49. The molecule has 0 unspecified atom stereocenters. The number of rotatable bonds is 3. The molecule has 0 aromatic carbocycles. The summed E-state index contributed by atoms with van der Waals surface area (Å²) in [6, 6.07) is 0.914. The second-order valence-corrected chi connectivity index (χ2v) is 5.11. The molecule has 0 atom stereocenters. The summed E-state index contributed by atoms with van der Waals surface area (Å²) in [5, 5.41) is 6.04. The van der Waals surface area contributed by atoms with E-state index in [0.717, 1.165) is 10.7 Å². The summed E-state index contributed by atoms with van der Waals surface area (Å²) in [6.07, 6.45) is -0.697. The quantitative estimate of drug-likeness (QED) is 0.852. The van der Waals surface area contributed by atoms with Gasteiger partial charge in [-0.1, -0.05) is 0 Å². The molecule has 0 radical (unpaired) electrons. The van der Waals surface area contributed by atoms with Crippen LogP contribution in [0.15, 0.2) is 6.07 Å². The standard InChI is InChI=1S/C10H16BF3N3O2/c1-10(2,3)19-9(18)15-6-7-5-8(11(12,13)14)17(4)16-7/h5H,6H2,1-4H3,(H,15,18)/q-1. The van der Waals surface area contributed by atoms with Crippen LogP contribution in [0.1, 0.15) is 26.5 Å². The number of nitrogens with zero attached hydrogens (tertiary/aromatic N) is 2. The highest BCUT2D eigenvalue weighted by molar-refractivity contribution is 6.72. The van der Waals surface area contributed by atoms with Crippen molar-refractivity contribution in [3.05, 3.63) is 11.8 Å². The van der Waals surface area contributed by atoms with Crippen LogP contribution in [-0.2, 0) is 18.3 Å². The first-order valence-corrected chi connectivity index (χ1v) is 5.68. The van der Waals surface area contributed by atoms with Crippen molar-refractivity contribution in [3.8, 4) is 0 Å². The molecular weight excluding hydrogens is 262 g/mol. The van der Waals surface area contributed by atoms with E-state index in [1.54, 1.807) is 20.8 Å². The number of halogens is 3. The minimum Gasteiger partial charge on any atom is -0.444 e. The highest BCUT2D eigenvalue weighted by Gasteiger charge is 2.30. The Hall–Kier alpha value is -1.67. The maximum atomic E-state index is 12.6. The van der Waals surface area contributed by atoms with E-state index >= 15 is 0 Å². The van der Waals surface area contributed by atoms with E-state index in [2.05, 4.69) is 10.4 Å². The van der Waals surface area contributed by atoms with Crippen LogP contribution in [0.2, 0.25) is 0 Å². The highest BCUT2D eigenvalue weighted by Crippen LogP contribution is 2.10. The Morgan fingerprint density at radius 2 is 2.05 bits per heavy atom. The summed E-state index contributed by atoms with van der Waals surface area (Å²) in [5.41, 5.74) is -1.34. The molecule has 108 valence electrons. The van der Waals surface area contributed by atoms with E-state index in [-0.39, 0.29) is 12.2 Å². The molecule has 1 N–H and O–H groups in total. The Bertz CT molecular complexity index is 466. The van der Waals surface area contributed by atoms with E-state index in [0.29, 0.717) is 0 Å². The second-order valence-electron chi connectivity index (χ2n) is 5.11. The smallest absolute Gasteiger partial charge is 0.444 e. The molecule has 1 amide bonds. The Kier molecular flexibility index (Phi) is 4.16. The van der Waals surface area contributed by atoms with Crippen molar-refractivity contribution in [1.82, 2.24) is 15.1 Å². The van der Waals surface area contributed by atoms with Gasteiger partial charge in [0.15, 0.2) is 0 Å². The second kappa shape index (κ2) is 5.14. The fraction of sp³-hybridized carbons (Fsp3) is 0.600. The number of carbonyl (C=O) groups excluding carboxylic acids is 1. The first kappa shape index (κ1) is 15.4. The molecule has 1 heterocycles. The van der Waals surface area contributed by atoms with E-state index in [1.807, 2.05) is 0 Å². The van der Waals surface area contributed by atoms with Gasteiger partial charge in [-0.25, -0.2) is 4.79 Å². The predicted molar refractivity (Wildman–Crippen MR) is 65.0 cm³/mol. The van der Waals surface area contributed by atoms with Gasteiger partial charge in [-0.15, -0.1) is 0 Å². The lowest BCUT2D eigenvalue weighted by atomic mass is 9.86. The van der Waals surface area contributed by atoms with E-state index in [1.165, 1.54) is 7.05 Å². The van der Waals surface area contributed by atoms with E-state index in [9.17, 15) is 17.7 Å². The number of aromatic nitrogens is 2. The first-order valence-electron chi connectivity index (χ1n) is 5.68. The third-order valence-electron chi connectivity index (χ3n) is 2.11. The molecule has 0 fully saturated rings. The van der Waals surface area contributed by atoms with Crippen LogP contribution in [0.4, 0.5) is 17.7 Å². The maximum Gasteiger partial charge on any atom is 0.527 e. The van der Waals surface area contributed by atoms with Crippen molar-refractivity contribution >= 4 is 18.7 Å². The van der Waals surface area contributed by atoms with Crippen molar-refractivity contribution in [2.75, 3.05) is 0 Å². The van der Waals surface area contributed by atoms with Crippen molar-refractivity contribution in [2.24, 2.45) is 7.05 Å². The van der Waals surface area contributed by atoms with Gasteiger partial charge < -0.3 is 27.7 Å². The fourth-order valence-corrected chi connectivity index (χ4v) is 1.41. The van der Waals surface area contributed by atoms with Crippen LogP contribution in [0.3, 0.4) is 0 Å². The zero-order chi connectivity index (χ0) is 14.8. The molecule has 0 bridgehead atoms. The van der Waals surface area contributed by atoms with Crippen LogP contribution in [0.25, 0.3) is 0 Å². The number of hydrogen-bond donors (Lipinski definition) is 1. The number of nitrogens with one attached hydrogen (secondary N) is 1. The topological polar surface area (TPSA) is 56.2 Å². The van der Waals surface area contributed by atoms with Crippen molar-refractivity contribution in [3.63, 3.8) is 0 Å². The number of ether oxygens (including phenoxy) is 1. The zero-order valence-electron chi connectivity index (χ0n) is 11.2. The average Bonchev–Trinajstić information content (AvgIpc) is 2.53. The normalized spacial score (nSPS) is 12.4. The molecular formula is C10H16BF3N3O2-. The molecule has 1 aromatic rings. The lowest BCUT2D eigenvalue weighted by molar-refractivity contribution is 0.0523. The molecule has 0 aliphatic rings. The van der Waals surface area contributed by atoms with Crippen molar-refractivity contribution < 1.29 is 22.5 Å². The largest absolute Gasteiger partial charge is 0.527 e. The molecule has 1 aromatic heterocycles. The number of aryl methyl sites for hydroxylation is 1. The molecule has 0 spiro atoms. The molecule has 0 aliphatic heterocycles. The molecule has 9 heteroatoms. The lowest BCUT2D eigenvalue weighted by Crippen LogP contribution is -2.39. The van der Waals surface area contributed by atoms with Gasteiger partial charge in [-0.05, 0) is 32.4 Å². The summed E-state index contributed by atoms with van der Waals surface area (Å²) < 4.78 is 43.4. The fourth-order valence-electron chi connectivity index (χ4n) is 1.41. The average molecular weight is 278 g/mol. The molecule has 0 aliphatic carbocycles. The third-order valence-corrected chi connectivity index (χ3v) is 2.11. The van der Waals surface area contributed by atoms with E-state index in [4.69, 9.17) is 4.74 Å². The molecule has 5 nitrogen and oxygen atoms in total. The summed E-state index contributed by atoms with van der Waals surface area (Å²) in [4.78, 5) is 11.3. The third kappa shape index (κ3) is 4.84. The van der Waals surface area contributed by atoms with Crippen LogP contribution < -0.4 is 10.9 Å². The maximum absolute atomic E-state index is 12.6. The Morgan fingerprint density at radius 1 is 1.47 bits per heavy atom. The van der Waals surface area contributed by atoms with Gasteiger partial charge in [0.2, 0.25) is 0 Å². The van der Waals surface area contributed by atoms with Crippen LogP contribution in [0, 0.1) is 0 Å². The summed E-state index contributed by atoms with van der Waals surface area (Å²) >= 11 is 0. The monoisotopic (exact) mass is 278 g/mol. The van der Waals surface area contributed by atoms with Gasteiger partial charge >= 0.3 is 13.1 Å². The molecule has 0 saturated heterocycles. The van der Waals surface area contributed by atoms with Gasteiger partial charge in [0.05, 0.1) is 12.2 Å². The Labute approximate surface area is 109 Å². The summed E-state index contributed by atoms with van der Waals surface area (Å²) in [7, 11) is 1.21. The number of carbonyl (C=O) groups is 1. The molecule has 1 rings (SSSR count). The zero-order valence-corrected chi connectivity index (χ0v) is 11.2. The summed E-state index contributed by atoms with van der Waals surface area (Å²) in [5.74, 6) is 0. The van der Waals surface area contributed by atoms with Gasteiger partial charge in [0.1, 0.15) is 5.60 Å². The van der Waals surface area contributed by atoms with Crippen LogP contribution in [0.5, 0.6) is 0 Å². The van der Waals surface area contributed by atoms with Gasteiger partial charge in [0, 0.05) is 7.05 Å². The van der Waals surface area contributed by atoms with Crippen molar-refractivity contribution in [1.29, 1.82) is 0 Å². The predicted octanol–water partition coefficient (Wildman–Crippen LogP) is 1.50. The Morgan fingerprint density at radius 3 is 2.47 bits per heavy atom.